The number of anilines is 1. The standard InChI is InChI=1S/C22H25N3O3S/c1-17(25-16-11-18-7-5-6-10-21(18)25)22(26)24-14-12-20(13-15-24)29(27,28)23-19-8-3-2-4-9-19/h2-11,16-17,20,23H,12-15H2,1H3/t17-/m1/s1. The highest BCUT2D eigenvalue weighted by Gasteiger charge is 2.33. The molecule has 0 saturated carbocycles. The summed E-state index contributed by atoms with van der Waals surface area (Å²) in [5.41, 5.74) is 1.59. The largest absolute Gasteiger partial charge is 0.341 e. The molecule has 1 saturated heterocycles. The monoisotopic (exact) mass is 411 g/mol. The van der Waals surface area contributed by atoms with Crippen LogP contribution in [-0.4, -0.2) is 42.1 Å². The number of sulfonamides is 1. The number of likely N-dealkylation sites (tertiary alicyclic amines) is 1. The lowest BCUT2D eigenvalue weighted by Crippen LogP contribution is -2.45. The van der Waals surface area contributed by atoms with Crippen molar-refractivity contribution in [1.82, 2.24) is 9.47 Å². The van der Waals surface area contributed by atoms with E-state index in [1.54, 1.807) is 29.2 Å². The number of nitrogens with one attached hydrogen (secondary N) is 1. The molecule has 7 heteroatoms. The molecule has 3 aromatic rings. The summed E-state index contributed by atoms with van der Waals surface area (Å²) in [4.78, 5) is 14.8. The maximum atomic E-state index is 13.0. The molecule has 1 aliphatic rings. The summed E-state index contributed by atoms with van der Waals surface area (Å²) in [7, 11) is -3.47. The topological polar surface area (TPSA) is 71.4 Å². The van der Waals surface area contributed by atoms with Crippen molar-refractivity contribution in [3.05, 3.63) is 66.9 Å². The van der Waals surface area contributed by atoms with Crippen molar-refractivity contribution in [2.24, 2.45) is 0 Å². The molecule has 29 heavy (non-hydrogen) atoms. The summed E-state index contributed by atoms with van der Waals surface area (Å²) in [5, 5.41) is 0.610. The van der Waals surface area contributed by atoms with Crippen LogP contribution in [0.1, 0.15) is 25.8 Å². The smallest absolute Gasteiger partial charge is 0.245 e. The molecule has 0 unspecified atom stereocenters. The summed E-state index contributed by atoms with van der Waals surface area (Å²) in [6.07, 6.45) is 2.81. The van der Waals surface area contributed by atoms with Gasteiger partial charge in [-0.3, -0.25) is 9.52 Å². The maximum absolute atomic E-state index is 13.0. The zero-order valence-electron chi connectivity index (χ0n) is 16.4. The highest BCUT2D eigenvalue weighted by molar-refractivity contribution is 7.93. The minimum Gasteiger partial charge on any atom is -0.341 e. The molecule has 4 rings (SSSR count). The molecule has 2 heterocycles. The molecule has 6 nitrogen and oxygen atoms in total. The van der Waals surface area contributed by atoms with Crippen molar-refractivity contribution >= 4 is 32.5 Å². The first-order valence-corrected chi connectivity index (χ1v) is 11.4. The second-order valence-electron chi connectivity index (χ2n) is 7.50. The SMILES string of the molecule is C[C@H](C(=O)N1CCC(S(=O)(=O)Nc2ccccc2)CC1)n1ccc2ccccc21. The Morgan fingerprint density at radius 3 is 2.38 bits per heavy atom. The quantitative estimate of drug-likeness (QED) is 0.697. The fourth-order valence-corrected chi connectivity index (χ4v) is 5.43. The first-order valence-electron chi connectivity index (χ1n) is 9.87. The highest BCUT2D eigenvalue weighted by atomic mass is 32.2. The zero-order chi connectivity index (χ0) is 20.4. The molecular weight excluding hydrogens is 386 g/mol. The second kappa shape index (κ2) is 7.91. The van der Waals surface area contributed by atoms with Gasteiger partial charge in [0.1, 0.15) is 6.04 Å². The van der Waals surface area contributed by atoms with Gasteiger partial charge in [0, 0.05) is 30.5 Å². The van der Waals surface area contributed by atoms with Crippen LogP contribution in [0.25, 0.3) is 10.9 Å². The van der Waals surface area contributed by atoms with Crippen LogP contribution in [0, 0.1) is 0 Å². The third-order valence-corrected chi connectivity index (χ3v) is 7.50. The van der Waals surface area contributed by atoms with Gasteiger partial charge in [0.15, 0.2) is 0 Å². The van der Waals surface area contributed by atoms with Gasteiger partial charge in [0.25, 0.3) is 0 Å². The van der Waals surface area contributed by atoms with E-state index in [9.17, 15) is 13.2 Å². The molecule has 152 valence electrons. The van der Waals surface area contributed by atoms with E-state index in [4.69, 9.17) is 0 Å². The maximum Gasteiger partial charge on any atom is 0.245 e. The Balaban J connectivity index is 1.40. The second-order valence-corrected chi connectivity index (χ2v) is 9.46. The van der Waals surface area contributed by atoms with Crippen LogP contribution in [0.3, 0.4) is 0 Å². The van der Waals surface area contributed by atoms with E-state index in [0.717, 1.165) is 10.9 Å². The van der Waals surface area contributed by atoms with Gasteiger partial charge in [-0.1, -0.05) is 36.4 Å². The third kappa shape index (κ3) is 4.00. The van der Waals surface area contributed by atoms with Crippen LogP contribution in [0.15, 0.2) is 66.9 Å². The molecule has 0 radical (unpaired) electrons. The number of hydrogen-bond donors (Lipinski definition) is 1. The number of fused-ring (bicyclic) bond motifs is 1. The van der Waals surface area contributed by atoms with Gasteiger partial charge in [0.05, 0.1) is 5.25 Å². The van der Waals surface area contributed by atoms with E-state index in [-0.39, 0.29) is 11.9 Å². The van der Waals surface area contributed by atoms with E-state index in [1.807, 2.05) is 54.1 Å². The van der Waals surface area contributed by atoms with Crippen molar-refractivity contribution in [3.63, 3.8) is 0 Å². The van der Waals surface area contributed by atoms with Crippen molar-refractivity contribution in [1.29, 1.82) is 0 Å². The minimum absolute atomic E-state index is 0.0261. The Labute approximate surface area is 171 Å². The normalized spacial score (nSPS) is 16.7. The van der Waals surface area contributed by atoms with Gasteiger partial charge in [-0.25, -0.2) is 8.42 Å². The fourth-order valence-electron chi connectivity index (χ4n) is 3.97. The summed E-state index contributed by atoms with van der Waals surface area (Å²) in [5.74, 6) is 0.0261. The van der Waals surface area contributed by atoms with Crippen LogP contribution >= 0.6 is 0 Å². The third-order valence-electron chi connectivity index (χ3n) is 5.63. The summed E-state index contributed by atoms with van der Waals surface area (Å²) < 4.78 is 30.0. The van der Waals surface area contributed by atoms with E-state index in [2.05, 4.69) is 4.72 Å². The number of rotatable bonds is 5. The first-order chi connectivity index (χ1) is 14.0. The predicted molar refractivity (Wildman–Crippen MR) is 115 cm³/mol. The molecule has 1 amide bonds. The summed E-state index contributed by atoms with van der Waals surface area (Å²) >= 11 is 0. The molecular formula is C22H25N3O3S. The number of amides is 1. The molecule has 1 atom stereocenters. The number of piperidine rings is 1. The van der Waals surface area contributed by atoms with Gasteiger partial charge < -0.3 is 9.47 Å². The Morgan fingerprint density at radius 2 is 1.66 bits per heavy atom. The average Bonchev–Trinajstić information content (AvgIpc) is 3.17. The molecule has 2 aromatic carbocycles. The van der Waals surface area contributed by atoms with Crippen molar-refractivity contribution < 1.29 is 13.2 Å². The number of carbonyl (C=O) groups excluding carboxylic acids is 1. The Kier molecular flexibility index (Phi) is 5.32. The summed E-state index contributed by atoms with van der Waals surface area (Å²) in [6.45, 7) is 2.79. The van der Waals surface area contributed by atoms with E-state index in [1.165, 1.54) is 0 Å². The lowest BCUT2D eigenvalue weighted by Gasteiger charge is -2.33. The summed E-state index contributed by atoms with van der Waals surface area (Å²) in [6, 6.07) is 18.6. The predicted octanol–water partition coefficient (Wildman–Crippen LogP) is 3.64. The molecule has 0 bridgehead atoms. The van der Waals surface area contributed by atoms with Gasteiger partial charge in [-0.15, -0.1) is 0 Å². The van der Waals surface area contributed by atoms with Gasteiger partial charge >= 0.3 is 0 Å². The Hall–Kier alpha value is -2.80. The van der Waals surface area contributed by atoms with Gasteiger partial charge in [-0.2, -0.15) is 0 Å². The molecule has 0 spiro atoms. The van der Waals surface area contributed by atoms with Crippen LogP contribution in [0.2, 0.25) is 0 Å². The van der Waals surface area contributed by atoms with Crippen LogP contribution in [0.5, 0.6) is 0 Å². The van der Waals surface area contributed by atoms with E-state index >= 15 is 0 Å². The minimum atomic E-state index is -3.47. The number of hydrogen-bond acceptors (Lipinski definition) is 3. The lowest BCUT2D eigenvalue weighted by molar-refractivity contribution is -0.135. The lowest BCUT2D eigenvalue weighted by atomic mass is 10.1. The fraction of sp³-hybridized carbons (Fsp3) is 0.318. The van der Waals surface area contributed by atoms with Crippen molar-refractivity contribution in [2.45, 2.75) is 31.1 Å². The number of benzene rings is 2. The number of para-hydroxylation sites is 2. The van der Waals surface area contributed by atoms with Crippen LogP contribution in [0.4, 0.5) is 5.69 Å². The molecule has 1 aliphatic heterocycles. The molecule has 0 aliphatic carbocycles. The molecule has 1 aromatic heterocycles. The Morgan fingerprint density at radius 1 is 1.00 bits per heavy atom. The van der Waals surface area contributed by atoms with Crippen LogP contribution < -0.4 is 4.72 Å². The number of aromatic nitrogens is 1. The van der Waals surface area contributed by atoms with Crippen LogP contribution in [-0.2, 0) is 14.8 Å². The first kappa shape index (κ1) is 19.5. The average molecular weight is 412 g/mol. The van der Waals surface area contributed by atoms with Gasteiger partial charge in [-0.05, 0) is 49.4 Å². The van der Waals surface area contributed by atoms with Crippen molar-refractivity contribution in [2.75, 3.05) is 17.8 Å². The molecule has 1 N–H and O–H groups in total. The van der Waals surface area contributed by atoms with E-state index in [0.29, 0.717) is 31.6 Å². The van der Waals surface area contributed by atoms with E-state index < -0.39 is 15.3 Å². The highest BCUT2D eigenvalue weighted by Crippen LogP contribution is 2.25. The zero-order valence-corrected chi connectivity index (χ0v) is 17.2. The molecule has 1 fully saturated rings. The Bertz CT molecular complexity index is 1100. The number of nitrogens with zero attached hydrogens (tertiary/aromatic N) is 2. The number of carbonyl (C=O) groups is 1. The van der Waals surface area contributed by atoms with Crippen molar-refractivity contribution in [3.8, 4) is 0 Å². The van der Waals surface area contributed by atoms with Gasteiger partial charge in [0.2, 0.25) is 15.9 Å².